The number of amidine groups is 1. The molecule has 6 heteroatoms. The van der Waals surface area contributed by atoms with Gasteiger partial charge in [0.2, 0.25) is 5.91 Å². The molecule has 128 valence electrons. The first-order valence-electron chi connectivity index (χ1n) is 7.95. The Labute approximate surface area is 151 Å². The first kappa shape index (κ1) is 17.2. The van der Waals surface area contributed by atoms with E-state index in [1.54, 1.807) is 18.2 Å². The molecular weight excluding hydrogens is 334 g/mol. The van der Waals surface area contributed by atoms with E-state index in [9.17, 15) is 4.79 Å². The normalized spacial score (nSPS) is 19.1. The summed E-state index contributed by atoms with van der Waals surface area (Å²) in [7, 11) is 1.62. The fraction of sp³-hybridized carbons (Fsp3) is 0.211. The molecule has 0 bridgehead atoms. The molecule has 2 aromatic rings. The van der Waals surface area contributed by atoms with E-state index < -0.39 is 0 Å². The zero-order valence-corrected chi connectivity index (χ0v) is 14.9. The molecule has 1 fully saturated rings. The Kier molecular flexibility index (Phi) is 5.50. The van der Waals surface area contributed by atoms with Crippen molar-refractivity contribution >= 4 is 29.1 Å². The van der Waals surface area contributed by atoms with Crippen molar-refractivity contribution in [2.45, 2.75) is 18.7 Å². The van der Waals surface area contributed by atoms with Crippen LogP contribution >= 0.6 is 11.8 Å². The third-order valence-corrected chi connectivity index (χ3v) is 4.86. The largest absolute Gasteiger partial charge is 0.496 e. The molecule has 1 aliphatic rings. The number of hydrogen-bond donors (Lipinski definition) is 0. The number of carbonyl (C=O) groups is 1. The second-order valence-electron chi connectivity index (χ2n) is 5.54. The van der Waals surface area contributed by atoms with Gasteiger partial charge in [-0.1, -0.05) is 54.2 Å². The summed E-state index contributed by atoms with van der Waals surface area (Å²) >= 11 is 1.43. The minimum Gasteiger partial charge on any atom is -0.496 e. The van der Waals surface area contributed by atoms with Gasteiger partial charge in [0, 0.05) is 5.56 Å². The molecule has 1 saturated heterocycles. The maximum atomic E-state index is 12.4. The van der Waals surface area contributed by atoms with Crippen LogP contribution in [-0.2, 0) is 11.3 Å². The van der Waals surface area contributed by atoms with Crippen molar-refractivity contribution in [2.24, 2.45) is 10.2 Å². The first-order valence-corrected chi connectivity index (χ1v) is 8.83. The standard InChI is InChI=1S/C19H19N3O2S/c1-14-18(23)22(13-15-8-4-3-5-9-15)19(25-14)21-20-12-16-10-6-7-11-17(16)24-2/h3-12,14H,13H2,1-2H3/b20-12-,21-19-/t14-/m0/s1. The van der Waals surface area contributed by atoms with Crippen LogP contribution in [0.25, 0.3) is 0 Å². The molecular formula is C19H19N3O2S. The molecule has 0 aromatic heterocycles. The van der Waals surface area contributed by atoms with E-state index >= 15 is 0 Å². The lowest BCUT2D eigenvalue weighted by Gasteiger charge is -2.15. The average molecular weight is 353 g/mol. The Morgan fingerprint density at radius 3 is 2.64 bits per heavy atom. The van der Waals surface area contributed by atoms with Crippen LogP contribution in [0.1, 0.15) is 18.1 Å². The Morgan fingerprint density at radius 1 is 1.16 bits per heavy atom. The molecule has 0 N–H and O–H groups in total. The summed E-state index contributed by atoms with van der Waals surface area (Å²) in [5.41, 5.74) is 1.90. The predicted octanol–water partition coefficient (Wildman–Crippen LogP) is 3.55. The lowest BCUT2D eigenvalue weighted by atomic mass is 10.2. The van der Waals surface area contributed by atoms with Crippen LogP contribution in [0.2, 0.25) is 0 Å². The minimum atomic E-state index is -0.149. The van der Waals surface area contributed by atoms with E-state index in [4.69, 9.17) is 4.74 Å². The predicted molar refractivity (Wildman–Crippen MR) is 102 cm³/mol. The summed E-state index contributed by atoms with van der Waals surface area (Å²) in [6.45, 7) is 2.39. The summed E-state index contributed by atoms with van der Waals surface area (Å²) < 4.78 is 5.29. The van der Waals surface area contributed by atoms with Gasteiger partial charge in [0.05, 0.1) is 25.1 Å². The monoisotopic (exact) mass is 353 g/mol. The number of para-hydroxylation sites is 1. The fourth-order valence-electron chi connectivity index (χ4n) is 2.49. The van der Waals surface area contributed by atoms with Gasteiger partial charge in [0.1, 0.15) is 5.75 Å². The van der Waals surface area contributed by atoms with Crippen LogP contribution < -0.4 is 4.74 Å². The van der Waals surface area contributed by atoms with Crippen LogP contribution in [0.4, 0.5) is 0 Å². The Morgan fingerprint density at radius 2 is 1.88 bits per heavy atom. The number of benzene rings is 2. The van der Waals surface area contributed by atoms with E-state index in [0.717, 1.165) is 16.9 Å². The van der Waals surface area contributed by atoms with Crippen molar-refractivity contribution in [3.05, 3.63) is 65.7 Å². The number of rotatable bonds is 5. The van der Waals surface area contributed by atoms with Crippen LogP contribution in [0.15, 0.2) is 64.8 Å². The van der Waals surface area contributed by atoms with Gasteiger partial charge in [0.25, 0.3) is 0 Å². The maximum absolute atomic E-state index is 12.4. The SMILES string of the molecule is COc1ccccc1/C=N\N=C1/S[C@@H](C)C(=O)N1Cc1ccccc1. The fourth-order valence-corrected chi connectivity index (χ4v) is 3.41. The zero-order valence-electron chi connectivity index (χ0n) is 14.1. The van der Waals surface area contributed by atoms with Crippen molar-refractivity contribution in [1.29, 1.82) is 0 Å². The molecule has 1 heterocycles. The summed E-state index contributed by atoms with van der Waals surface area (Å²) in [5.74, 6) is 0.788. The number of methoxy groups -OCH3 is 1. The molecule has 0 radical (unpaired) electrons. The first-order chi connectivity index (χ1) is 12.2. The molecule has 0 saturated carbocycles. The van der Waals surface area contributed by atoms with E-state index in [-0.39, 0.29) is 11.2 Å². The topological polar surface area (TPSA) is 54.3 Å². The maximum Gasteiger partial charge on any atom is 0.242 e. The average Bonchev–Trinajstić information content (AvgIpc) is 2.91. The highest BCUT2D eigenvalue weighted by atomic mass is 32.2. The van der Waals surface area contributed by atoms with Crippen LogP contribution in [0.3, 0.4) is 0 Å². The van der Waals surface area contributed by atoms with Crippen LogP contribution in [0.5, 0.6) is 5.75 Å². The number of hydrogen-bond acceptors (Lipinski definition) is 5. The van der Waals surface area contributed by atoms with Crippen molar-refractivity contribution < 1.29 is 9.53 Å². The summed E-state index contributed by atoms with van der Waals surface area (Å²) in [6.07, 6.45) is 1.64. The molecule has 3 rings (SSSR count). The molecule has 1 amide bonds. The van der Waals surface area contributed by atoms with Crippen molar-refractivity contribution in [3.63, 3.8) is 0 Å². The molecule has 25 heavy (non-hydrogen) atoms. The molecule has 0 unspecified atom stereocenters. The van der Waals surface area contributed by atoms with Gasteiger partial charge in [-0.15, -0.1) is 5.10 Å². The molecule has 0 aliphatic carbocycles. The molecule has 5 nitrogen and oxygen atoms in total. The second-order valence-corrected chi connectivity index (χ2v) is 6.85. The van der Waals surface area contributed by atoms with E-state index in [1.807, 2.05) is 61.5 Å². The van der Waals surface area contributed by atoms with Gasteiger partial charge in [-0.25, -0.2) is 0 Å². The lowest BCUT2D eigenvalue weighted by Crippen LogP contribution is -2.30. The Balaban J connectivity index is 1.80. The molecule has 0 spiro atoms. The third-order valence-electron chi connectivity index (χ3n) is 3.79. The summed E-state index contributed by atoms with van der Waals surface area (Å²) in [5, 5.41) is 8.90. The van der Waals surface area contributed by atoms with E-state index in [1.165, 1.54) is 11.8 Å². The number of amides is 1. The van der Waals surface area contributed by atoms with Gasteiger partial charge in [0.15, 0.2) is 5.17 Å². The smallest absolute Gasteiger partial charge is 0.242 e. The summed E-state index contributed by atoms with van der Waals surface area (Å²) in [6, 6.07) is 17.5. The van der Waals surface area contributed by atoms with Gasteiger partial charge in [-0.05, 0) is 24.6 Å². The van der Waals surface area contributed by atoms with Crippen LogP contribution in [-0.4, -0.2) is 34.5 Å². The quantitative estimate of drug-likeness (QED) is 0.610. The number of thioether (sulfide) groups is 1. The van der Waals surface area contributed by atoms with Gasteiger partial charge in [-0.2, -0.15) is 5.10 Å². The van der Waals surface area contributed by atoms with Gasteiger partial charge in [-0.3, -0.25) is 9.69 Å². The van der Waals surface area contributed by atoms with Crippen molar-refractivity contribution in [1.82, 2.24) is 4.90 Å². The van der Waals surface area contributed by atoms with E-state index in [2.05, 4.69) is 10.2 Å². The summed E-state index contributed by atoms with van der Waals surface area (Å²) in [4.78, 5) is 14.1. The highest BCUT2D eigenvalue weighted by molar-refractivity contribution is 8.15. The van der Waals surface area contributed by atoms with E-state index in [0.29, 0.717) is 11.7 Å². The Bertz CT molecular complexity index is 805. The highest BCUT2D eigenvalue weighted by Gasteiger charge is 2.35. The highest BCUT2D eigenvalue weighted by Crippen LogP contribution is 2.28. The van der Waals surface area contributed by atoms with Crippen molar-refractivity contribution in [2.75, 3.05) is 7.11 Å². The minimum absolute atomic E-state index is 0.0556. The zero-order chi connectivity index (χ0) is 17.6. The number of carbonyl (C=O) groups excluding carboxylic acids is 1. The second kappa shape index (κ2) is 7.98. The third kappa shape index (κ3) is 4.09. The molecule has 2 aromatic carbocycles. The van der Waals surface area contributed by atoms with Crippen molar-refractivity contribution in [3.8, 4) is 5.75 Å². The lowest BCUT2D eigenvalue weighted by molar-refractivity contribution is -0.126. The molecule has 1 atom stereocenters. The van der Waals surface area contributed by atoms with Gasteiger partial charge < -0.3 is 4.74 Å². The Hall–Kier alpha value is -2.60. The molecule has 1 aliphatic heterocycles. The van der Waals surface area contributed by atoms with Gasteiger partial charge >= 0.3 is 0 Å². The number of ether oxygens (including phenoxy) is 1. The number of nitrogens with zero attached hydrogens (tertiary/aromatic N) is 3. The van der Waals surface area contributed by atoms with Crippen LogP contribution in [0, 0.1) is 0 Å².